The van der Waals surface area contributed by atoms with Crippen molar-refractivity contribution in [1.82, 2.24) is 0 Å². The molecule has 0 saturated carbocycles. The first kappa shape index (κ1) is 21.3. The van der Waals surface area contributed by atoms with Gasteiger partial charge in [0, 0.05) is 29.6 Å². The van der Waals surface area contributed by atoms with E-state index in [1.165, 1.54) is 6.07 Å². The van der Waals surface area contributed by atoms with E-state index >= 15 is 0 Å². The van der Waals surface area contributed by atoms with Gasteiger partial charge in [0.15, 0.2) is 0 Å². The highest BCUT2D eigenvalue weighted by molar-refractivity contribution is 6.31. The van der Waals surface area contributed by atoms with Crippen molar-refractivity contribution >= 4 is 28.6 Å². The Morgan fingerprint density at radius 1 is 1.07 bits per heavy atom. The standard InChI is InChI=1S/C23H26ClF2N/c1-13(2)18-9-11-21(24)19(16(18)5)12-15(4)27-22-14(3)8-10-20(17(22)6)23(7,25)26/h8-11H,1,12H2,2-7H3/b27-15+. The molecular weight excluding hydrogens is 364 g/mol. The van der Waals surface area contributed by atoms with Gasteiger partial charge in [-0.15, -0.1) is 0 Å². The van der Waals surface area contributed by atoms with Crippen LogP contribution in [0.1, 0.15) is 54.2 Å². The zero-order valence-electron chi connectivity index (χ0n) is 16.8. The van der Waals surface area contributed by atoms with E-state index in [1.807, 2.05) is 39.8 Å². The molecular formula is C23H26ClF2N. The first-order valence-electron chi connectivity index (χ1n) is 8.90. The van der Waals surface area contributed by atoms with Crippen LogP contribution in [0.5, 0.6) is 0 Å². The molecule has 0 spiro atoms. The molecule has 0 saturated heterocycles. The van der Waals surface area contributed by atoms with E-state index in [2.05, 4.69) is 11.6 Å². The molecule has 0 amide bonds. The van der Waals surface area contributed by atoms with Crippen LogP contribution in [0.15, 0.2) is 35.8 Å². The average molecular weight is 390 g/mol. The molecule has 0 aromatic heterocycles. The van der Waals surface area contributed by atoms with E-state index in [0.717, 1.165) is 40.5 Å². The normalized spacial score (nSPS) is 12.4. The van der Waals surface area contributed by atoms with Crippen LogP contribution in [0.2, 0.25) is 5.02 Å². The molecule has 0 N–H and O–H groups in total. The molecule has 0 fully saturated rings. The Labute approximate surface area is 165 Å². The van der Waals surface area contributed by atoms with Crippen molar-refractivity contribution in [3.63, 3.8) is 0 Å². The summed E-state index contributed by atoms with van der Waals surface area (Å²) in [7, 11) is 0. The number of alkyl halides is 2. The third-order valence-corrected chi connectivity index (χ3v) is 5.20. The summed E-state index contributed by atoms with van der Waals surface area (Å²) in [5, 5.41) is 0.675. The topological polar surface area (TPSA) is 12.4 Å². The fourth-order valence-electron chi connectivity index (χ4n) is 3.37. The molecule has 0 aliphatic heterocycles. The summed E-state index contributed by atoms with van der Waals surface area (Å²) in [6.07, 6.45) is 0.553. The zero-order valence-corrected chi connectivity index (χ0v) is 17.6. The number of hydrogen-bond acceptors (Lipinski definition) is 1. The van der Waals surface area contributed by atoms with E-state index in [0.29, 0.717) is 22.7 Å². The quantitative estimate of drug-likeness (QED) is 0.463. The molecule has 27 heavy (non-hydrogen) atoms. The predicted molar refractivity (Wildman–Crippen MR) is 113 cm³/mol. The third-order valence-electron chi connectivity index (χ3n) is 4.84. The van der Waals surface area contributed by atoms with Gasteiger partial charge in [-0.3, -0.25) is 4.99 Å². The monoisotopic (exact) mass is 389 g/mol. The first-order valence-corrected chi connectivity index (χ1v) is 9.27. The maximum absolute atomic E-state index is 13.9. The lowest BCUT2D eigenvalue weighted by atomic mass is 9.95. The fraction of sp³-hybridized carbons (Fsp3) is 0.348. The van der Waals surface area contributed by atoms with Gasteiger partial charge in [-0.1, -0.05) is 42.0 Å². The van der Waals surface area contributed by atoms with E-state index < -0.39 is 5.92 Å². The SMILES string of the molecule is C=C(C)c1ccc(Cl)c(C/C(C)=N/c2c(C)ccc(C(C)(F)F)c2C)c1C. The largest absolute Gasteiger partial charge is 0.270 e. The van der Waals surface area contributed by atoms with Crippen molar-refractivity contribution in [3.05, 3.63) is 69.2 Å². The van der Waals surface area contributed by atoms with Gasteiger partial charge in [0.25, 0.3) is 5.92 Å². The van der Waals surface area contributed by atoms with E-state index in [4.69, 9.17) is 11.6 Å². The Kier molecular flexibility index (Phi) is 6.26. The minimum absolute atomic E-state index is 0.0122. The highest BCUT2D eigenvalue weighted by atomic mass is 35.5. The van der Waals surface area contributed by atoms with Gasteiger partial charge < -0.3 is 0 Å². The molecule has 144 valence electrons. The second-order valence-corrected chi connectivity index (χ2v) is 7.70. The third kappa shape index (κ3) is 4.65. The zero-order chi connectivity index (χ0) is 20.5. The lowest BCUT2D eigenvalue weighted by molar-refractivity contribution is 0.0169. The summed E-state index contributed by atoms with van der Waals surface area (Å²) in [6, 6.07) is 7.02. The maximum atomic E-state index is 13.9. The fourth-order valence-corrected chi connectivity index (χ4v) is 3.64. The molecule has 0 aliphatic rings. The van der Waals surface area contributed by atoms with E-state index in [-0.39, 0.29) is 5.56 Å². The number of rotatable bonds is 5. The molecule has 0 radical (unpaired) electrons. The lowest BCUT2D eigenvalue weighted by Crippen LogP contribution is -2.10. The molecule has 0 heterocycles. The number of hydrogen-bond donors (Lipinski definition) is 0. The first-order chi connectivity index (χ1) is 12.4. The molecule has 0 bridgehead atoms. The Morgan fingerprint density at radius 2 is 1.70 bits per heavy atom. The summed E-state index contributed by atoms with van der Waals surface area (Å²) in [4.78, 5) is 4.69. The van der Waals surface area contributed by atoms with Gasteiger partial charge in [-0.05, 0) is 68.5 Å². The summed E-state index contributed by atoms with van der Waals surface area (Å²) < 4.78 is 27.7. The Bertz CT molecular complexity index is 921. The van der Waals surface area contributed by atoms with Crippen LogP contribution in [-0.2, 0) is 12.3 Å². The number of benzene rings is 2. The van der Waals surface area contributed by atoms with Crippen molar-refractivity contribution in [3.8, 4) is 0 Å². The average Bonchev–Trinajstić information content (AvgIpc) is 2.53. The van der Waals surface area contributed by atoms with Gasteiger partial charge in [0.2, 0.25) is 0 Å². The molecule has 1 nitrogen and oxygen atoms in total. The smallest absolute Gasteiger partial charge is 0.257 e. The number of aliphatic imine (C=N–C) groups is 1. The Morgan fingerprint density at radius 3 is 2.26 bits per heavy atom. The summed E-state index contributed by atoms with van der Waals surface area (Å²) in [6.45, 7) is 14.4. The van der Waals surface area contributed by atoms with Crippen molar-refractivity contribution in [1.29, 1.82) is 0 Å². The van der Waals surface area contributed by atoms with Crippen LogP contribution < -0.4 is 0 Å². The summed E-state index contributed by atoms with van der Waals surface area (Å²) in [5.41, 5.74) is 6.94. The Hall–Kier alpha value is -2.00. The highest BCUT2D eigenvalue weighted by Crippen LogP contribution is 2.36. The maximum Gasteiger partial charge on any atom is 0.270 e. The number of nitrogens with zero attached hydrogens (tertiary/aromatic N) is 1. The van der Waals surface area contributed by atoms with Gasteiger partial charge in [-0.25, -0.2) is 8.78 Å². The molecule has 0 atom stereocenters. The van der Waals surface area contributed by atoms with Crippen LogP contribution in [-0.4, -0.2) is 5.71 Å². The van der Waals surface area contributed by atoms with Gasteiger partial charge in [-0.2, -0.15) is 0 Å². The number of aryl methyl sites for hydroxylation is 1. The van der Waals surface area contributed by atoms with Crippen LogP contribution in [0.4, 0.5) is 14.5 Å². The molecule has 0 aliphatic carbocycles. The number of halogens is 3. The van der Waals surface area contributed by atoms with Crippen LogP contribution in [0.3, 0.4) is 0 Å². The molecule has 2 aromatic carbocycles. The molecule has 2 aromatic rings. The van der Waals surface area contributed by atoms with Crippen LogP contribution in [0, 0.1) is 20.8 Å². The van der Waals surface area contributed by atoms with E-state index in [9.17, 15) is 8.78 Å². The van der Waals surface area contributed by atoms with Crippen LogP contribution >= 0.6 is 11.6 Å². The lowest BCUT2D eigenvalue weighted by Gasteiger charge is -2.17. The van der Waals surface area contributed by atoms with Crippen molar-refractivity contribution in [2.75, 3.05) is 0 Å². The van der Waals surface area contributed by atoms with Crippen LogP contribution in [0.25, 0.3) is 5.57 Å². The molecule has 2 rings (SSSR count). The molecule has 0 unspecified atom stereocenters. The minimum Gasteiger partial charge on any atom is -0.257 e. The molecule has 4 heteroatoms. The second-order valence-electron chi connectivity index (χ2n) is 7.29. The second kappa shape index (κ2) is 7.93. The highest BCUT2D eigenvalue weighted by Gasteiger charge is 2.27. The predicted octanol–water partition coefficient (Wildman–Crippen LogP) is 7.75. The summed E-state index contributed by atoms with van der Waals surface area (Å²) >= 11 is 6.42. The van der Waals surface area contributed by atoms with Crippen molar-refractivity contribution < 1.29 is 8.78 Å². The van der Waals surface area contributed by atoms with Gasteiger partial charge >= 0.3 is 0 Å². The number of allylic oxidation sites excluding steroid dienone is 1. The van der Waals surface area contributed by atoms with Crippen molar-refractivity contribution in [2.24, 2.45) is 4.99 Å². The van der Waals surface area contributed by atoms with Crippen molar-refractivity contribution in [2.45, 2.75) is 53.9 Å². The van der Waals surface area contributed by atoms with Gasteiger partial charge in [0.1, 0.15) is 0 Å². The summed E-state index contributed by atoms with van der Waals surface area (Å²) in [5.74, 6) is -2.90. The van der Waals surface area contributed by atoms with Gasteiger partial charge in [0.05, 0.1) is 5.69 Å². The Balaban J connectivity index is 2.49. The van der Waals surface area contributed by atoms with E-state index in [1.54, 1.807) is 13.0 Å². The minimum atomic E-state index is -2.90.